The van der Waals surface area contributed by atoms with Gasteiger partial charge in [-0.25, -0.2) is 13.4 Å². The number of anilines is 1. The first kappa shape index (κ1) is 15.1. The summed E-state index contributed by atoms with van der Waals surface area (Å²) in [7, 11) is -3.81. The number of hydrogen-bond donors (Lipinski definition) is 1. The smallest absolute Gasteiger partial charge is 0.263 e. The van der Waals surface area contributed by atoms with Gasteiger partial charge in [-0.1, -0.05) is 29.3 Å². The van der Waals surface area contributed by atoms with E-state index in [0.29, 0.717) is 5.56 Å². The van der Waals surface area contributed by atoms with Crippen LogP contribution in [0.1, 0.15) is 11.1 Å². The van der Waals surface area contributed by atoms with Crippen LogP contribution in [-0.4, -0.2) is 13.4 Å². The molecule has 2 aromatic rings. The van der Waals surface area contributed by atoms with Crippen molar-refractivity contribution in [1.29, 1.82) is 0 Å². The second-order valence-corrected chi connectivity index (χ2v) is 6.75. The summed E-state index contributed by atoms with van der Waals surface area (Å²) >= 11 is 11.9. The molecule has 0 bridgehead atoms. The fraction of sp³-hybridized carbons (Fsp3) is 0.154. The zero-order chi connectivity index (χ0) is 14.9. The van der Waals surface area contributed by atoms with Crippen molar-refractivity contribution in [2.45, 2.75) is 18.7 Å². The van der Waals surface area contributed by atoms with Gasteiger partial charge < -0.3 is 0 Å². The van der Waals surface area contributed by atoms with Crippen LogP contribution in [-0.2, 0) is 10.0 Å². The first-order chi connectivity index (χ1) is 9.31. The molecule has 2 rings (SSSR count). The molecule has 0 aliphatic heterocycles. The van der Waals surface area contributed by atoms with E-state index in [1.54, 1.807) is 25.1 Å². The minimum atomic E-state index is -3.81. The van der Waals surface area contributed by atoms with Crippen LogP contribution in [0.2, 0.25) is 10.2 Å². The molecular weight excluding hydrogens is 319 g/mol. The Morgan fingerprint density at radius 3 is 2.45 bits per heavy atom. The number of aryl methyl sites for hydroxylation is 2. The molecule has 0 saturated carbocycles. The minimum Gasteiger partial charge on any atom is -0.276 e. The van der Waals surface area contributed by atoms with Gasteiger partial charge in [0.1, 0.15) is 4.90 Å². The third-order valence-corrected chi connectivity index (χ3v) is 4.85. The van der Waals surface area contributed by atoms with E-state index in [0.717, 1.165) is 5.56 Å². The predicted octanol–water partition coefficient (Wildman–Crippen LogP) is 3.81. The Hall–Kier alpha value is -1.30. The molecule has 0 fully saturated rings. The Morgan fingerprint density at radius 1 is 1.15 bits per heavy atom. The monoisotopic (exact) mass is 330 g/mol. The molecule has 0 amide bonds. The second kappa shape index (κ2) is 5.60. The molecule has 1 aromatic carbocycles. The number of halogens is 2. The third-order valence-electron chi connectivity index (χ3n) is 2.73. The van der Waals surface area contributed by atoms with Gasteiger partial charge in [0.05, 0.1) is 10.7 Å². The van der Waals surface area contributed by atoms with Crippen LogP contribution >= 0.6 is 23.2 Å². The van der Waals surface area contributed by atoms with Crippen LogP contribution in [0.25, 0.3) is 0 Å². The van der Waals surface area contributed by atoms with Crippen LogP contribution in [0.4, 0.5) is 5.69 Å². The Balaban J connectivity index is 2.46. The van der Waals surface area contributed by atoms with Crippen LogP contribution in [0.3, 0.4) is 0 Å². The number of hydrogen-bond acceptors (Lipinski definition) is 3. The second-order valence-electron chi connectivity index (χ2n) is 4.33. The van der Waals surface area contributed by atoms with Crippen molar-refractivity contribution >= 4 is 38.9 Å². The van der Waals surface area contributed by atoms with E-state index in [1.165, 1.54) is 12.3 Å². The van der Waals surface area contributed by atoms with Crippen molar-refractivity contribution in [2.75, 3.05) is 4.72 Å². The first-order valence-corrected chi connectivity index (χ1v) is 7.95. The number of sulfonamides is 1. The highest BCUT2D eigenvalue weighted by Crippen LogP contribution is 2.28. The van der Waals surface area contributed by atoms with Crippen molar-refractivity contribution in [3.05, 3.63) is 51.8 Å². The number of pyridine rings is 1. The van der Waals surface area contributed by atoms with Crippen molar-refractivity contribution in [3.8, 4) is 0 Å². The van der Waals surface area contributed by atoms with Gasteiger partial charge in [0.15, 0.2) is 5.15 Å². The number of rotatable bonds is 3. The minimum absolute atomic E-state index is 0.00378. The Bertz CT molecular complexity index is 741. The lowest BCUT2D eigenvalue weighted by Crippen LogP contribution is -2.15. The average molecular weight is 331 g/mol. The van der Waals surface area contributed by atoms with Gasteiger partial charge in [0.2, 0.25) is 0 Å². The fourth-order valence-corrected chi connectivity index (χ4v) is 3.71. The number of aromatic nitrogens is 1. The van der Waals surface area contributed by atoms with Crippen molar-refractivity contribution in [2.24, 2.45) is 0 Å². The van der Waals surface area contributed by atoms with Crippen LogP contribution in [0, 0.1) is 13.8 Å². The summed E-state index contributed by atoms with van der Waals surface area (Å²) in [5, 5.41) is 0.256. The molecule has 7 heteroatoms. The predicted molar refractivity (Wildman–Crippen MR) is 81.0 cm³/mol. The van der Waals surface area contributed by atoms with Crippen LogP contribution in [0.5, 0.6) is 0 Å². The molecule has 0 atom stereocenters. The standard InChI is InChI=1S/C13H12Cl2N2O2S/c1-8-3-4-11(10(14)7-8)20(18,19)17-12-9(2)5-6-16-13(12)15/h3-7,17H,1-2H3. The van der Waals surface area contributed by atoms with Crippen LogP contribution < -0.4 is 4.72 Å². The first-order valence-electron chi connectivity index (χ1n) is 5.71. The summed E-state index contributed by atoms with van der Waals surface area (Å²) in [4.78, 5) is 3.86. The molecule has 1 aromatic heterocycles. The molecule has 0 unspecified atom stereocenters. The zero-order valence-corrected chi connectivity index (χ0v) is 13.1. The number of nitrogens with one attached hydrogen (secondary N) is 1. The maximum atomic E-state index is 12.4. The lowest BCUT2D eigenvalue weighted by Gasteiger charge is -2.12. The van der Waals surface area contributed by atoms with E-state index in [9.17, 15) is 8.42 Å². The van der Waals surface area contributed by atoms with Gasteiger partial charge in [-0.3, -0.25) is 4.72 Å². The molecule has 0 aliphatic carbocycles. The molecule has 0 saturated heterocycles. The highest BCUT2D eigenvalue weighted by atomic mass is 35.5. The van der Waals surface area contributed by atoms with E-state index in [4.69, 9.17) is 23.2 Å². The third kappa shape index (κ3) is 3.06. The quantitative estimate of drug-likeness (QED) is 0.870. The van der Waals surface area contributed by atoms with Crippen LogP contribution in [0.15, 0.2) is 35.4 Å². The summed E-state index contributed by atoms with van der Waals surface area (Å²) < 4.78 is 27.1. The lowest BCUT2D eigenvalue weighted by molar-refractivity contribution is 0.601. The molecule has 4 nitrogen and oxygen atoms in total. The summed E-state index contributed by atoms with van der Waals surface area (Å²) in [6.45, 7) is 3.57. The van der Waals surface area contributed by atoms with E-state index in [1.807, 2.05) is 6.92 Å². The molecule has 0 spiro atoms. The summed E-state index contributed by atoms with van der Waals surface area (Å²) in [5.41, 5.74) is 1.81. The van der Waals surface area contributed by atoms with E-state index >= 15 is 0 Å². The summed E-state index contributed by atoms with van der Waals surface area (Å²) in [5.74, 6) is 0. The van der Waals surface area contributed by atoms with Crippen molar-refractivity contribution in [1.82, 2.24) is 4.98 Å². The molecule has 1 N–H and O–H groups in total. The van der Waals surface area contributed by atoms with Crippen molar-refractivity contribution < 1.29 is 8.42 Å². The summed E-state index contributed by atoms with van der Waals surface area (Å²) in [6, 6.07) is 6.39. The maximum absolute atomic E-state index is 12.4. The number of benzene rings is 1. The van der Waals surface area contributed by atoms with Gasteiger partial charge in [-0.05, 0) is 43.2 Å². The van der Waals surface area contributed by atoms with E-state index in [-0.39, 0.29) is 20.8 Å². The maximum Gasteiger partial charge on any atom is 0.263 e. The van der Waals surface area contributed by atoms with Gasteiger partial charge >= 0.3 is 0 Å². The average Bonchev–Trinajstić information content (AvgIpc) is 2.33. The Morgan fingerprint density at radius 2 is 1.85 bits per heavy atom. The molecule has 0 radical (unpaired) electrons. The molecule has 20 heavy (non-hydrogen) atoms. The molecule has 1 heterocycles. The zero-order valence-electron chi connectivity index (χ0n) is 10.8. The van der Waals surface area contributed by atoms with Gasteiger partial charge in [0, 0.05) is 6.20 Å². The largest absolute Gasteiger partial charge is 0.276 e. The van der Waals surface area contributed by atoms with Crippen molar-refractivity contribution in [3.63, 3.8) is 0 Å². The normalized spacial score (nSPS) is 11.4. The summed E-state index contributed by atoms with van der Waals surface area (Å²) in [6.07, 6.45) is 1.51. The number of nitrogens with zero attached hydrogens (tertiary/aromatic N) is 1. The van der Waals surface area contributed by atoms with E-state index in [2.05, 4.69) is 9.71 Å². The van der Waals surface area contributed by atoms with Gasteiger partial charge in [-0.2, -0.15) is 0 Å². The molecular formula is C13H12Cl2N2O2S. The van der Waals surface area contributed by atoms with E-state index < -0.39 is 10.0 Å². The topological polar surface area (TPSA) is 59.1 Å². The Kier molecular flexibility index (Phi) is 4.22. The molecule has 0 aliphatic rings. The highest BCUT2D eigenvalue weighted by molar-refractivity contribution is 7.92. The lowest BCUT2D eigenvalue weighted by atomic mass is 10.2. The van der Waals surface area contributed by atoms with Gasteiger partial charge in [0.25, 0.3) is 10.0 Å². The molecule has 106 valence electrons. The Labute approximate surface area is 127 Å². The SMILES string of the molecule is Cc1ccc(S(=O)(=O)Nc2c(C)ccnc2Cl)c(Cl)c1. The highest BCUT2D eigenvalue weighted by Gasteiger charge is 2.20. The fourth-order valence-electron chi connectivity index (χ4n) is 1.66. The van der Waals surface area contributed by atoms with Gasteiger partial charge in [-0.15, -0.1) is 0 Å².